The normalized spacial score (nSPS) is 12.2. The van der Waals surface area contributed by atoms with Crippen molar-refractivity contribution in [3.8, 4) is 11.5 Å². The molecule has 0 N–H and O–H groups in total. The van der Waals surface area contributed by atoms with Crippen LogP contribution in [0.25, 0.3) is 0 Å². The van der Waals surface area contributed by atoms with Gasteiger partial charge < -0.3 is 14.4 Å². The lowest BCUT2D eigenvalue weighted by Crippen LogP contribution is -2.34. The van der Waals surface area contributed by atoms with Crippen LogP contribution in [-0.2, 0) is 0 Å². The molecule has 1 amide bonds. The third-order valence-electron chi connectivity index (χ3n) is 3.61. The van der Waals surface area contributed by atoms with Crippen LogP contribution in [0.5, 0.6) is 11.5 Å². The first-order valence-corrected chi connectivity index (χ1v) is 7.97. The molecule has 1 rings (SSSR count). The van der Waals surface area contributed by atoms with E-state index in [0.717, 1.165) is 6.42 Å². The van der Waals surface area contributed by atoms with Crippen LogP contribution in [0.3, 0.4) is 0 Å². The van der Waals surface area contributed by atoms with Gasteiger partial charge in [0.25, 0.3) is 5.91 Å². The molecule has 0 radical (unpaired) electrons. The maximum atomic E-state index is 12.5. The molecule has 5 heteroatoms. The molecule has 1 atom stereocenters. The molecule has 124 valence electrons. The molecule has 0 bridgehead atoms. The van der Waals surface area contributed by atoms with E-state index >= 15 is 0 Å². The molecule has 1 aromatic rings. The van der Waals surface area contributed by atoms with Gasteiger partial charge in [0.1, 0.15) is 0 Å². The molecular formula is C17H26ClNO3. The van der Waals surface area contributed by atoms with Crippen molar-refractivity contribution in [3.05, 3.63) is 22.7 Å². The van der Waals surface area contributed by atoms with E-state index < -0.39 is 0 Å². The summed E-state index contributed by atoms with van der Waals surface area (Å²) in [7, 11) is 3.33. The van der Waals surface area contributed by atoms with Crippen molar-refractivity contribution in [1.29, 1.82) is 0 Å². The quantitative estimate of drug-likeness (QED) is 0.751. The third kappa shape index (κ3) is 4.54. The van der Waals surface area contributed by atoms with Crippen LogP contribution in [0.1, 0.15) is 44.5 Å². The van der Waals surface area contributed by atoms with Crippen molar-refractivity contribution in [3.63, 3.8) is 0 Å². The summed E-state index contributed by atoms with van der Waals surface area (Å²) < 4.78 is 11.0. The van der Waals surface area contributed by atoms with E-state index in [9.17, 15) is 4.79 Å². The van der Waals surface area contributed by atoms with Crippen molar-refractivity contribution >= 4 is 17.5 Å². The second-order valence-electron chi connectivity index (χ2n) is 5.87. The smallest absolute Gasteiger partial charge is 0.254 e. The number of carbonyl (C=O) groups excluding carboxylic acids is 1. The number of ether oxygens (including phenoxy) is 2. The highest BCUT2D eigenvalue weighted by molar-refractivity contribution is 6.32. The molecule has 0 aliphatic carbocycles. The number of methoxy groups -OCH3 is 1. The number of hydrogen-bond acceptors (Lipinski definition) is 3. The Morgan fingerprint density at radius 2 is 1.95 bits per heavy atom. The topological polar surface area (TPSA) is 38.8 Å². The van der Waals surface area contributed by atoms with Crippen LogP contribution in [0.15, 0.2) is 12.1 Å². The Morgan fingerprint density at radius 1 is 1.32 bits per heavy atom. The highest BCUT2D eigenvalue weighted by atomic mass is 35.5. The summed E-state index contributed by atoms with van der Waals surface area (Å²) >= 11 is 6.28. The number of hydrogen-bond donors (Lipinski definition) is 0. The number of nitrogens with zero attached hydrogens (tertiary/aromatic N) is 1. The van der Waals surface area contributed by atoms with Gasteiger partial charge in [-0.2, -0.15) is 0 Å². The zero-order valence-electron chi connectivity index (χ0n) is 14.3. The zero-order valence-corrected chi connectivity index (χ0v) is 15.0. The van der Waals surface area contributed by atoms with Crippen molar-refractivity contribution < 1.29 is 14.3 Å². The summed E-state index contributed by atoms with van der Waals surface area (Å²) in [4.78, 5) is 14.2. The number of carbonyl (C=O) groups is 1. The van der Waals surface area contributed by atoms with Gasteiger partial charge in [0.2, 0.25) is 0 Å². The fourth-order valence-corrected chi connectivity index (χ4v) is 2.18. The third-order valence-corrected chi connectivity index (χ3v) is 3.89. The highest BCUT2D eigenvalue weighted by Crippen LogP contribution is 2.37. The van der Waals surface area contributed by atoms with Gasteiger partial charge in [-0.25, -0.2) is 0 Å². The summed E-state index contributed by atoms with van der Waals surface area (Å²) in [6.07, 6.45) is 0.892. The minimum absolute atomic E-state index is 0.0787. The molecule has 0 aliphatic rings. The monoisotopic (exact) mass is 327 g/mol. The van der Waals surface area contributed by atoms with Gasteiger partial charge in [-0.15, -0.1) is 0 Å². The lowest BCUT2D eigenvalue weighted by atomic mass is 10.1. The van der Waals surface area contributed by atoms with Crippen LogP contribution in [0, 0.1) is 5.92 Å². The molecule has 0 saturated heterocycles. The molecule has 1 aromatic carbocycles. The molecule has 22 heavy (non-hydrogen) atoms. The second-order valence-corrected chi connectivity index (χ2v) is 6.27. The van der Waals surface area contributed by atoms with Crippen LogP contribution in [-0.4, -0.2) is 37.6 Å². The molecule has 1 unspecified atom stereocenters. The van der Waals surface area contributed by atoms with Gasteiger partial charge in [-0.1, -0.05) is 32.4 Å². The predicted octanol–water partition coefficient (Wildman–Crippen LogP) is 4.25. The van der Waals surface area contributed by atoms with Gasteiger partial charge in [-0.3, -0.25) is 4.79 Å². The van der Waals surface area contributed by atoms with Crippen LogP contribution >= 0.6 is 11.6 Å². The largest absolute Gasteiger partial charge is 0.493 e. The number of amides is 1. The molecule has 0 heterocycles. The second kappa shape index (κ2) is 8.28. The zero-order chi connectivity index (χ0) is 16.9. The Kier molecular flexibility index (Phi) is 7.01. The molecule has 4 nitrogen and oxygen atoms in total. The molecule has 0 spiro atoms. The van der Waals surface area contributed by atoms with Crippen molar-refractivity contribution in [2.24, 2.45) is 5.92 Å². The maximum absolute atomic E-state index is 12.5. The first kappa shape index (κ1) is 18.6. The van der Waals surface area contributed by atoms with E-state index in [1.54, 1.807) is 31.2 Å². The highest BCUT2D eigenvalue weighted by Gasteiger charge is 2.20. The molecule has 0 fully saturated rings. The first-order chi connectivity index (χ1) is 10.3. The number of rotatable bonds is 7. The fraction of sp³-hybridized carbons (Fsp3) is 0.588. The van der Waals surface area contributed by atoms with E-state index in [1.807, 2.05) is 13.8 Å². The molecular weight excluding hydrogens is 302 g/mol. The lowest BCUT2D eigenvalue weighted by molar-refractivity contribution is 0.0740. The number of benzene rings is 1. The van der Waals surface area contributed by atoms with E-state index in [-0.39, 0.29) is 11.9 Å². The molecule has 0 saturated carbocycles. The van der Waals surface area contributed by atoms with E-state index in [4.69, 9.17) is 21.1 Å². The fourth-order valence-electron chi connectivity index (χ4n) is 1.91. The van der Waals surface area contributed by atoms with Gasteiger partial charge >= 0.3 is 0 Å². The van der Waals surface area contributed by atoms with Gasteiger partial charge in [-0.05, 0) is 31.4 Å². The van der Waals surface area contributed by atoms with Gasteiger partial charge in [0.05, 0.1) is 18.7 Å². The average Bonchev–Trinajstić information content (AvgIpc) is 2.50. The summed E-state index contributed by atoms with van der Waals surface area (Å²) in [5.41, 5.74) is 0.501. The van der Waals surface area contributed by atoms with Crippen LogP contribution in [0.4, 0.5) is 0 Å². The minimum Gasteiger partial charge on any atom is -0.493 e. The van der Waals surface area contributed by atoms with Crippen molar-refractivity contribution in [2.75, 3.05) is 20.8 Å². The predicted molar refractivity (Wildman–Crippen MR) is 90.2 cm³/mol. The minimum atomic E-state index is -0.0787. The van der Waals surface area contributed by atoms with Gasteiger partial charge in [0, 0.05) is 18.7 Å². The standard InChI is InChI=1S/C17H26ClNO3/c1-7-12(4)19(5)17(20)13-8-14(18)16(15(9-13)21-6)22-10-11(2)3/h8-9,11-12H,7,10H2,1-6H3. The van der Waals surface area contributed by atoms with Crippen LogP contribution in [0.2, 0.25) is 5.02 Å². The van der Waals surface area contributed by atoms with E-state index in [0.29, 0.717) is 34.6 Å². The van der Waals surface area contributed by atoms with Crippen molar-refractivity contribution in [1.82, 2.24) is 4.90 Å². The lowest BCUT2D eigenvalue weighted by Gasteiger charge is -2.24. The molecule has 0 aliphatic heterocycles. The SMILES string of the molecule is CCC(C)N(C)C(=O)c1cc(Cl)c(OCC(C)C)c(OC)c1. The summed E-state index contributed by atoms with van der Waals surface area (Å²) in [6.45, 7) is 8.70. The van der Waals surface area contributed by atoms with Gasteiger partial charge in [0.15, 0.2) is 11.5 Å². The number of halogens is 1. The Morgan fingerprint density at radius 3 is 2.45 bits per heavy atom. The Balaban J connectivity index is 3.09. The average molecular weight is 328 g/mol. The summed E-state index contributed by atoms with van der Waals surface area (Å²) in [6, 6.07) is 3.48. The van der Waals surface area contributed by atoms with Crippen molar-refractivity contribution in [2.45, 2.75) is 40.2 Å². The molecule has 0 aromatic heterocycles. The first-order valence-electron chi connectivity index (χ1n) is 7.59. The Labute approximate surface area is 138 Å². The summed E-state index contributed by atoms with van der Waals surface area (Å²) in [5.74, 6) is 1.26. The Hall–Kier alpha value is -1.42. The van der Waals surface area contributed by atoms with E-state index in [2.05, 4.69) is 13.8 Å². The maximum Gasteiger partial charge on any atom is 0.254 e. The Bertz CT molecular complexity index is 517. The van der Waals surface area contributed by atoms with Crippen LogP contribution < -0.4 is 9.47 Å². The summed E-state index contributed by atoms with van der Waals surface area (Å²) in [5, 5.41) is 0.390. The van der Waals surface area contributed by atoms with E-state index in [1.165, 1.54) is 0 Å².